The van der Waals surface area contributed by atoms with Gasteiger partial charge in [-0.05, 0) is 11.8 Å². The molecule has 2 unspecified atom stereocenters. The fraction of sp³-hybridized carbons (Fsp3) is 1.00. The van der Waals surface area contributed by atoms with Crippen molar-refractivity contribution in [3.8, 4) is 0 Å². The van der Waals surface area contributed by atoms with E-state index in [0.29, 0.717) is 0 Å². The highest BCUT2D eigenvalue weighted by molar-refractivity contribution is 5.10. The van der Waals surface area contributed by atoms with Gasteiger partial charge < -0.3 is 10.2 Å². The summed E-state index contributed by atoms with van der Waals surface area (Å²) in [6, 6.07) is 0. The zero-order valence-corrected chi connectivity index (χ0v) is 6.89. The minimum Gasteiger partial charge on any atom is -0.394 e. The van der Waals surface area contributed by atoms with Crippen LogP contribution in [0.25, 0.3) is 0 Å². The van der Waals surface area contributed by atoms with E-state index in [4.69, 9.17) is 5.11 Å². The summed E-state index contributed by atoms with van der Waals surface area (Å²) >= 11 is 0. The zero-order valence-electron chi connectivity index (χ0n) is 6.89. The summed E-state index contributed by atoms with van der Waals surface area (Å²) in [4.78, 5) is 0. The van der Waals surface area contributed by atoms with E-state index < -0.39 is 6.10 Å². The van der Waals surface area contributed by atoms with Gasteiger partial charge >= 0.3 is 0 Å². The molecule has 60 valence electrons. The van der Waals surface area contributed by atoms with E-state index >= 15 is 0 Å². The summed E-state index contributed by atoms with van der Waals surface area (Å²) in [6.07, 6.45) is 0.476. The summed E-state index contributed by atoms with van der Waals surface area (Å²) in [5.74, 6) is 0. The van der Waals surface area contributed by atoms with Gasteiger partial charge in [0.1, 0.15) is 0 Å². The second kappa shape index (κ2) is 1.95. The smallest absolute Gasteiger partial charge is 0.0829 e. The molecule has 1 rings (SSSR count). The molecule has 0 aromatic carbocycles. The van der Waals surface area contributed by atoms with Crippen molar-refractivity contribution in [2.24, 2.45) is 10.8 Å². The van der Waals surface area contributed by atoms with Gasteiger partial charge in [-0.15, -0.1) is 0 Å². The maximum atomic E-state index is 9.34. The quantitative estimate of drug-likeness (QED) is 0.601. The molecule has 2 N–H and O–H groups in total. The second-order valence-electron chi connectivity index (χ2n) is 4.18. The lowest BCUT2D eigenvalue weighted by molar-refractivity contribution is 0.0278. The van der Waals surface area contributed by atoms with E-state index in [1.807, 2.05) is 6.92 Å². The van der Waals surface area contributed by atoms with Gasteiger partial charge in [-0.25, -0.2) is 0 Å². The van der Waals surface area contributed by atoms with Crippen molar-refractivity contribution in [1.29, 1.82) is 0 Å². The third kappa shape index (κ3) is 0.867. The average Bonchev–Trinajstić information content (AvgIpc) is 2.32. The molecule has 1 saturated carbocycles. The Balaban J connectivity index is 2.58. The minimum atomic E-state index is -0.539. The summed E-state index contributed by atoms with van der Waals surface area (Å²) in [5.41, 5.74) is 0.177. The Bertz CT molecular complexity index is 142. The molecule has 10 heavy (non-hydrogen) atoms. The molecule has 2 atom stereocenters. The highest BCUT2D eigenvalue weighted by Gasteiger charge is 2.61. The summed E-state index contributed by atoms with van der Waals surface area (Å²) in [5, 5.41) is 18.0. The van der Waals surface area contributed by atoms with Crippen molar-refractivity contribution in [1.82, 2.24) is 0 Å². The SMILES string of the molecule is CC1(C)CC1(C)C(O)CO. The van der Waals surface area contributed by atoms with Crippen LogP contribution in [0.1, 0.15) is 27.2 Å². The molecule has 0 amide bonds. The van der Waals surface area contributed by atoms with Crippen LogP contribution < -0.4 is 0 Å². The normalized spacial score (nSPS) is 39.3. The van der Waals surface area contributed by atoms with Gasteiger partial charge in [0.05, 0.1) is 12.7 Å². The van der Waals surface area contributed by atoms with Crippen LogP contribution in [-0.4, -0.2) is 22.9 Å². The molecule has 0 saturated heterocycles. The third-order valence-electron chi connectivity index (χ3n) is 3.14. The molecule has 2 nitrogen and oxygen atoms in total. The number of rotatable bonds is 2. The van der Waals surface area contributed by atoms with Crippen molar-refractivity contribution in [2.45, 2.75) is 33.3 Å². The first-order chi connectivity index (χ1) is 4.44. The largest absolute Gasteiger partial charge is 0.394 e. The van der Waals surface area contributed by atoms with Crippen LogP contribution in [0.4, 0.5) is 0 Å². The highest BCUT2D eigenvalue weighted by atomic mass is 16.3. The van der Waals surface area contributed by atoms with Crippen LogP contribution in [0.5, 0.6) is 0 Å². The lowest BCUT2D eigenvalue weighted by Crippen LogP contribution is -2.26. The molecule has 1 fully saturated rings. The van der Waals surface area contributed by atoms with E-state index in [2.05, 4.69) is 13.8 Å². The molecule has 1 aliphatic carbocycles. The first-order valence-corrected chi connectivity index (χ1v) is 3.73. The van der Waals surface area contributed by atoms with Gasteiger partial charge in [-0.2, -0.15) is 0 Å². The Kier molecular flexibility index (Phi) is 1.57. The molecule has 0 spiro atoms. The maximum absolute atomic E-state index is 9.34. The fourth-order valence-electron chi connectivity index (χ4n) is 1.64. The molecular weight excluding hydrogens is 128 g/mol. The summed E-state index contributed by atoms with van der Waals surface area (Å²) in [6.45, 7) is 6.14. The Labute approximate surface area is 61.9 Å². The average molecular weight is 144 g/mol. The molecule has 0 radical (unpaired) electrons. The number of hydrogen-bond donors (Lipinski definition) is 2. The van der Waals surface area contributed by atoms with E-state index in [1.54, 1.807) is 0 Å². The standard InChI is InChI=1S/C8H16O2/c1-7(2)5-8(7,3)6(10)4-9/h6,9-10H,4-5H2,1-3H3. The highest BCUT2D eigenvalue weighted by Crippen LogP contribution is 2.64. The Hall–Kier alpha value is -0.0800. The van der Waals surface area contributed by atoms with Crippen LogP contribution in [0.3, 0.4) is 0 Å². The van der Waals surface area contributed by atoms with E-state index in [9.17, 15) is 5.11 Å². The molecule has 1 aliphatic rings. The van der Waals surface area contributed by atoms with Gasteiger partial charge in [-0.3, -0.25) is 0 Å². The van der Waals surface area contributed by atoms with Crippen LogP contribution in [-0.2, 0) is 0 Å². The maximum Gasteiger partial charge on any atom is 0.0829 e. The van der Waals surface area contributed by atoms with E-state index in [0.717, 1.165) is 6.42 Å². The molecule has 0 aliphatic heterocycles. The summed E-state index contributed by atoms with van der Waals surface area (Å²) in [7, 11) is 0. The van der Waals surface area contributed by atoms with Crippen LogP contribution in [0.15, 0.2) is 0 Å². The minimum absolute atomic E-state index is 0.0399. The number of aliphatic hydroxyl groups is 2. The Morgan fingerprint density at radius 1 is 1.40 bits per heavy atom. The van der Waals surface area contributed by atoms with Gasteiger partial charge in [0.15, 0.2) is 0 Å². The van der Waals surface area contributed by atoms with Crippen molar-refractivity contribution in [2.75, 3.05) is 6.61 Å². The molecular formula is C8H16O2. The van der Waals surface area contributed by atoms with Crippen LogP contribution in [0, 0.1) is 10.8 Å². The predicted octanol–water partition coefficient (Wildman–Crippen LogP) is 0.776. The molecule has 0 bridgehead atoms. The topological polar surface area (TPSA) is 40.5 Å². The summed E-state index contributed by atoms with van der Waals surface area (Å²) < 4.78 is 0. The van der Waals surface area contributed by atoms with Gasteiger partial charge in [0.25, 0.3) is 0 Å². The lowest BCUT2D eigenvalue weighted by Gasteiger charge is -2.19. The van der Waals surface area contributed by atoms with E-state index in [-0.39, 0.29) is 17.4 Å². The van der Waals surface area contributed by atoms with Crippen molar-refractivity contribution in [3.63, 3.8) is 0 Å². The predicted molar refractivity (Wildman–Crippen MR) is 39.6 cm³/mol. The zero-order chi connectivity index (χ0) is 7.99. The molecule has 2 heteroatoms. The van der Waals surface area contributed by atoms with Gasteiger partial charge in [0.2, 0.25) is 0 Å². The first-order valence-electron chi connectivity index (χ1n) is 3.73. The van der Waals surface area contributed by atoms with Crippen molar-refractivity contribution >= 4 is 0 Å². The van der Waals surface area contributed by atoms with Crippen LogP contribution in [0.2, 0.25) is 0 Å². The lowest BCUT2D eigenvalue weighted by atomic mass is 9.92. The monoisotopic (exact) mass is 144 g/mol. The first kappa shape index (κ1) is 8.02. The second-order valence-corrected chi connectivity index (χ2v) is 4.18. The van der Waals surface area contributed by atoms with Crippen molar-refractivity contribution < 1.29 is 10.2 Å². The van der Waals surface area contributed by atoms with Crippen molar-refractivity contribution in [3.05, 3.63) is 0 Å². The van der Waals surface area contributed by atoms with E-state index in [1.165, 1.54) is 0 Å². The molecule has 0 aromatic heterocycles. The third-order valence-corrected chi connectivity index (χ3v) is 3.14. The Morgan fingerprint density at radius 3 is 1.90 bits per heavy atom. The Morgan fingerprint density at radius 2 is 1.80 bits per heavy atom. The molecule has 0 heterocycles. The fourth-order valence-corrected chi connectivity index (χ4v) is 1.64. The molecule has 0 aromatic rings. The van der Waals surface area contributed by atoms with Crippen LogP contribution >= 0.6 is 0 Å². The van der Waals surface area contributed by atoms with Gasteiger partial charge in [0, 0.05) is 5.41 Å². The number of hydrogen-bond acceptors (Lipinski definition) is 2. The number of aliphatic hydroxyl groups excluding tert-OH is 2. The van der Waals surface area contributed by atoms with Gasteiger partial charge in [-0.1, -0.05) is 20.8 Å².